The van der Waals surface area contributed by atoms with Crippen molar-refractivity contribution in [3.8, 4) is 0 Å². The third kappa shape index (κ3) is 3.08. The Hall–Kier alpha value is -0.860. The van der Waals surface area contributed by atoms with Crippen LogP contribution in [0.4, 0.5) is 0 Å². The van der Waals surface area contributed by atoms with Gasteiger partial charge in [0.1, 0.15) is 0 Å². The van der Waals surface area contributed by atoms with Crippen LogP contribution >= 0.6 is 0 Å². The number of hydrogen-bond acceptors (Lipinski definition) is 2. The van der Waals surface area contributed by atoms with Crippen molar-refractivity contribution in [1.29, 1.82) is 0 Å². The van der Waals surface area contributed by atoms with Gasteiger partial charge in [0, 0.05) is 19.7 Å². The summed E-state index contributed by atoms with van der Waals surface area (Å²) in [5.41, 5.74) is 4.50. The van der Waals surface area contributed by atoms with E-state index in [2.05, 4.69) is 37.4 Å². The van der Waals surface area contributed by atoms with Gasteiger partial charge in [-0.25, -0.2) is 0 Å². The van der Waals surface area contributed by atoms with Crippen molar-refractivity contribution in [3.05, 3.63) is 34.9 Å². The first-order valence-corrected chi connectivity index (χ1v) is 6.58. The van der Waals surface area contributed by atoms with E-state index in [-0.39, 0.29) is 6.10 Å². The molecular formula is C15H23NO. The van der Waals surface area contributed by atoms with Gasteiger partial charge in [-0.05, 0) is 49.8 Å². The molecule has 0 saturated carbocycles. The highest BCUT2D eigenvalue weighted by Crippen LogP contribution is 2.25. The maximum absolute atomic E-state index is 5.25. The van der Waals surface area contributed by atoms with Gasteiger partial charge in [-0.2, -0.15) is 0 Å². The molecular weight excluding hydrogens is 210 g/mol. The van der Waals surface area contributed by atoms with Crippen LogP contribution in [0.1, 0.15) is 43.0 Å². The fourth-order valence-corrected chi connectivity index (χ4v) is 2.41. The van der Waals surface area contributed by atoms with Crippen LogP contribution < -0.4 is 5.32 Å². The molecule has 0 fully saturated rings. The molecule has 0 aliphatic heterocycles. The average molecular weight is 233 g/mol. The number of aryl methyl sites for hydroxylation is 2. The van der Waals surface area contributed by atoms with Gasteiger partial charge in [0.05, 0.1) is 6.10 Å². The summed E-state index contributed by atoms with van der Waals surface area (Å²) >= 11 is 0. The lowest BCUT2D eigenvalue weighted by Crippen LogP contribution is -2.28. The molecule has 1 aromatic rings. The smallest absolute Gasteiger partial charge is 0.0667 e. The summed E-state index contributed by atoms with van der Waals surface area (Å²) in [7, 11) is 1.76. The predicted molar refractivity (Wildman–Crippen MR) is 71.4 cm³/mol. The van der Waals surface area contributed by atoms with Crippen molar-refractivity contribution in [3.63, 3.8) is 0 Å². The third-order valence-corrected chi connectivity index (χ3v) is 3.74. The van der Waals surface area contributed by atoms with Crippen molar-refractivity contribution in [2.75, 3.05) is 13.7 Å². The number of hydrogen-bond donors (Lipinski definition) is 1. The lowest BCUT2D eigenvalue weighted by Gasteiger charge is -2.18. The lowest BCUT2D eigenvalue weighted by atomic mass is 10.0. The minimum absolute atomic E-state index is 0.270. The largest absolute Gasteiger partial charge is 0.380 e. The molecule has 94 valence electrons. The summed E-state index contributed by atoms with van der Waals surface area (Å²) < 4.78 is 5.25. The van der Waals surface area contributed by atoms with Gasteiger partial charge in [0.25, 0.3) is 0 Å². The Bertz CT molecular complexity index is 375. The van der Waals surface area contributed by atoms with E-state index in [1.165, 1.54) is 24.8 Å². The van der Waals surface area contributed by atoms with E-state index in [4.69, 9.17) is 4.74 Å². The number of fused-ring (bicyclic) bond motifs is 1. The van der Waals surface area contributed by atoms with Gasteiger partial charge in [0.2, 0.25) is 0 Å². The maximum atomic E-state index is 5.25. The van der Waals surface area contributed by atoms with Gasteiger partial charge >= 0.3 is 0 Å². The highest BCUT2D eigenvalue weighted by Gasteiger charge is 2.13. The highest BCUT2D eigenvalue weighted by atomic mass is 16.5. The molecule has 2 heteroatoms. The van der Waals surface area contributed by atoms with E-state index < -0.39 is 0 Å². The van der Waals surface area contributed by atoms with E-state index in [1.807, 2.05) is 0 Å². The Kier molecular flexibility index (Phi) is 4.19. The van der Waals surface area contributed by atoms with Crippen LogP contribution in [-0.4, -0.2) is 19.8 Å². The van der Waals surface area contributed by atoms with E-state index in [0.29, 0.717) is 6.04 Å². The molecule has 2 unspecified atom stereocenters. The van der Waals surface area contributed by atoms with Gasteiger partial charge in [-0.15, -0.1) is 0 Å². The van der Waals surface area contributed by atoms with Crippen LogP contribution in [-0.2, 0) is 17.6 Å². The maximum Gasteiger partial charge on any atom is 0.0667 e. The standard InChI is InChI=1S/C15H23NO/c1-11(17-3)10-16-12(2)14-8-7-13-5-4-6-15(13)9-14/h7-9,11-12,16H,4-6,10H2,1-3H3. The topological polar surface area (TPSA) is 21.3 Å². The van der Waals surface area contributed by atoms with Crippen molar-refractivity contribution < 1.29 is 4.74 Å². The highest BCUT2D eigenvalue weighted by molar-refractivity contribution is 5.36. The van der Waals surface area contributed by atoms with Gasteiger partial charge in [-0.1, -0.05) is 18.2 Å². The number of ether oxygens (including phenoxy) is 1. The average Bonchev–Trinajstić information content (AvgIpc) is 2.82. The molecule has 0 radical (unpaired) electrons. The third-order valence-electron chi connectivity index (χ3n) is 3.74. The minimum Gasteiger partial charge on any atom is -0.380 e. The van der Waals surface area contributed by atoms with Gasteiger partial charge in [-0.3, -0.25) is 0 Å². The Morgan fingerprint density at radius 3 is 2.76 bits per heavy atom. The fraction of sp³-hybridized carbons (Fsp3) is 0.600. The summed E-state index contributed by atoms with van der Waals surface area (Å²) in [5.74, 6) is 0. The van der Waals surface area contributed by atoms with Gasteiger partial charge < -0.3 is 10.1 Å². The molecule has 1 aromatic carbocycles. The summed E-state index contributed by atoms with van der Waals surface area (Å²) in [6.45, 7) is 5.20. The Morgan fingerprint density at radius 1 is 1.24 bits per heavy atom. The summed E-state index contributed by atoms with van der Waals surface area (Å²) in [4.78, 5) is 0. The number of nitrogens with one attached hydrogen (secondary N) is 1. The van der Waals surface area contributed by atoms with Crippen LogP contribution in [0.3, 0.4) is 0 Å². The molecule has 0 heterocycles. The number of methoxy groups -OCH3 is 1. The molecule has 0 saturated heterocycles. The first-order valence-electron chi connectivity index (χ1n) is 6.58. The second-order valence-corrected chi connectivity index (χ2v) is 5.06. The molecule has 17 heavy (non-hydrogen) atoms. The number of benzene rings is 1. The zero-order chi connectivity index (χ0) is 12.3. The molecule has 2 nitrogen and oxygen atoms in total. The summed E-state index contributed by atoms with van der Waals surface area (Å²) in [6.07, 6.45) is 4.11. The molecule has 2 atom stereocenters. The molecule has 1 aliphatic carbocycles. The minimum atomic E-state index is 0.270. The normalized spacial score (nSPS) is 17.8. The van der Waals surface area contributed by atoms with Crippen molar-refractivity contribution >= 4 is 0 Å². The molecule has 1 N–H and O–H groups in total. The monoisotopic (exact) mass is 233 g/mol. The van der Waals surface area contributed by atoms with Crippen LogP contribution in [0.5, 0.6) is 0 Å². The van der Waals surface area contributed by atoms with Gasteiger partial charge in [0.15, 0.2) is 0 Å². The van der Waals surface area contributed by atoms with E-state index in [9.17, 15) is 0 Å². The van der Waals surface area contributed by atoms with E-state index >= 15 is 0 Å². The molecule has 0 bridgehead atoms. The van der Waals surface area contributed by atoms with Crippen LogP contribution in [0.2, 0.25) is 0 Å². The lowest BCUT2D eigenvalue weighted by molar-refractivity contribution is 0.115. The quantitative estimate of drug-likeness (QED) is 0.844. The Balaban J connectivity index is 1.97. The van der Waals surface area contributed by atoms with Crippen LogP contribution in [0, 0.1) is 0 Å². The first kappa shape index (κ1) is 12.6. The second kappa shape index (κ2) is 5.65. The van der Waals surface area contributed by atoms with Crippen LogP contribution in [0.25, 0.3) is 0 Å². The first-order chi connectivity index (χ1) is 8.20. The fourth-order valence-electron chi connectivity index (χ4n) is 2.41. The van der Waals surface area contributed by atoms with E-state index in [1.54, 1.807) is 18.2 Å². The van der Waals surface area contributed by atoms with Crippen molar-refractivity contribution in [1.82, 2.24) is 5.32 Å². The van der Waals surface area contributed by atoms with Crippen molar-refractivity contribution in [2.24, 2.45) is 0 Å². The molecule has 0 amide bonds. The predicted octanol–water partition coefficient (Wildman–Crippen LogP) is 2.86. The van der Waals surface area contributed by atoms with Crippen LogP contribution in [0.15, 0.2) is 18.2 Å². The number of rotatable bonds is 5. The SMILES string of the molecule is COC(C)CNC(C)c1ccc2c(c1)CCC2. The Morgan fingerprint density at radius 2 is 2.00 bits per heavy atom. The molecule has 0 spiro atoms. The molecule has 1 aliphatic rings. The second-order valence-electron chi connectivity index (χ2n) is 5.06. The van der Waals surface area contributed by atoms with Crippen molar-refractivity contribution in [2.45, 2.75) is 45.3 Å². The molecule has 2 rings (SSSR count). The van der Waals surface area contributed by atoms with E-state index in [0.717, 1.165) is 6.54 Å². The molecule has 0 aromatic heterocycles. The summed E-state index contributed by atoms with van der Waals surface area (Å²) in [5, 5.41) is 3.52. The summed E-state index contributed by atoms with van der Waals surface area (Å²) in [6, 6.07) is 7.34. The zero-order valence-corrected chi connectivity index (χ0v) is 11.1. The zero-order valence-electron chi connectivity index (χ0n) is 11.1. The Labute approximate surface area is 104 Å².